The number of carbonyl (C=O) groups excluding carboxylic acids is 1. The normalized spacial score (nSPS) is 14.2. The molecule has 2 N–H and O–H groups in total. The van der Waals surface area contributed by atoms with E-state index in [9.17, 15) is 4.79 Å². The number of carbonyl (C=O) groups is 1. The van der Waals surface area contributed by atoms with E-state index in [1.165, 1.54) is 49.2 Å². The summed E-state index contributed by atoms with van der Waals surface area (Å²) in [5.74, 6) is 0.0877. The zero-order chi connectivity index (χ0) is 18.9. The number of rotatable bonds is 8. The Morgan fingerprint density at radius 1 is 0.889 bits per heavy atom. The van der Waals surface area contributed by atoms with E-state index in [1.807, 2.05) is 19.2 Å². The van der Waals surface area contributed by atoms with E-state index in [0.29, 0.717) is 6.42 Å². The summed E-state index contributed by atoms with van der Waals surface area (Å²) in [5, 5.41) is 6.08. The molecule has 1 aliphatic heterocycles. The van der Waals surface area contributed by atoms with Crippen molar-refractivity contribution in [3.05, 3.63) is 48.5 Å². The van der Waals surface area contributed by atoms with Gasteiger partial charge in [-0.1, -0.05) is 24.3 Å². The Bertz CT molecular complexity index is 703. The van der Waals surface area contributed by atoms with Crippen molar-refractivity contribution in [1.29, 1.82) is 0 Å². The maximum Gasteiger partial charge on any atom is 0.224 e. The minimum absolute atomic E-state index is 0.0877. The number of hydrogen-bond acceptors (Lipinski definition) is 3. The summed E-state index contributed by atoms with van der Waals surface area (Å²) >= 11 is 0. The smallest absolute Gasteiger partial charge is 0.224 e. The summed E-state index contributed by atoms with van der Waals surface area (Å²) in [5.41, 5.74) is 4.57. The average Bonchev–Trinajstić information content (AvgIpc) is 2.73. The highest BCUT2D eigenvalue weighted by atomic mass is 16.1. The lowest BCUT2D eigenvalue weighted by Gasteiger charge is -2.28. The third-order valence-corrected chi connectivity index (χ3v) is 5.17. The number of anilines is 2. The van der Waals surface area contributed by atoms with Crippen molar-refractivity contribution in [2.24, 2.45) is 0 Å². The van der Waals surface area contributed by atoms with Crippen molar-refractivity contribution in [3.63, 3.8) is 0 Å². The first-order chi connectivity index (χ1) is 13.3. The van der Waals surface area contributed by atoms with Gasteiger partial charge >= 0.3 is 0 Å². The monoisotopic (exact) mass is 365 g/mol. The second-order valence-electron chi connectivity index (χ2n) is 7.28. The Morgan fingerprint density at radius 3 is 2.15 bits per heavy atom. The minimum Gasteiger partial charge on any atom is -0.372 e. The van der Waals surface area contributed by atoms with Gasteiger partial charge in [0.2, 0.25) is 5.91 Å². The molecule has 1 aliphatic rings. The second-order valence-corrected chi connectivity index (χ2v) is 7.28. The molecule has 2 aromatic rings. The summed E-state index contributed by atoms with van der Waals surface area (Å²) in [7, 11) is 1.93. The third kappa shape index (κ3) is 5.83. The molecule has 1 heterocycles. The van der Waals surface area contributed by atoms with E-state index >= 15 is 0 Å². The van der Waals surface area contributed by atoms with Crippen LogP contribution in [0.5, 0.6) is 0 Å². The molecule has 0 saturated carbocycles. The topological polar surface area (TPSA) is 44.4 Å². The van der Waals surface area contributed by atoms with Crippen LogP contribution in [0.15, 0.2) is 48.5 Å². The summed E-state index contributed by atoms with van der Waals surface area (Å²) in [6.45, 7) is 3.30. The van der Waals surface area contributed by atoms with Crippen molar-refractivity contribution in [1.82, 2.24) is 5.32 Å². The first-order valence-electron chi connectivity index (χ1n) is 10.2. The van der Waals surface area contributed by atoms with E-state index in [-0.39, 0.29) is 5.91 Å². The Labute approximate surface area is 163 Å². The maximum absolute atomic E-state index is 12.0. The molecular formula is C23H31N3O. The predicted octanol–water partition coefficient (Wildman–Crippen LogP) is 4.67. The molecule has 27 heavy (non-hydrogen) atoms. The van der Waals surface area contributed by atoms with E-state index < -0.39 is 0 Å². The molecule has 0 unspecified atom stereocenters. The lowest BCUT2D eigenvalue weighted by Crippen LogP contribution is -2.29. The molecule has 0 bridgehead atoms. The fraction of sp³-hybridized carbons (Fsp3) is 0.435. The van der Waals surface area contributed by atoms with E-state index in [0.717, 1.165) is 25.1 Å². The van der Waals surface area contributed by atoms with E-state index in [4.69, 9.17) is 0 Å². The molecule has 0 spiro atoms. The first kappa shape index (κ1) is 19.4. The van der Waals surface area contributed by atoms with E-state index in [2.05, 4.69) is 51.9 Å². The van der Waals surface area contributed by atoms with Gasteiger partial charge in [-0.15, -0.1) is 0 Å². The van der Waals surface area contributed by atoms with Gasteiger partial charge in [-0.25, -0.2) is 0 Å². The number of amides is 1. The molecule has 2 aromatic carbocycles. The molecule has 0 aliphatic carbocycles. The lowest BCUT2D eigenvalue weighted by atomic mass is 10.0. The van der Waals surface area contributed by atoms with Crippen LogP contribution in [0.25, 0.3) is 11.1 Å². The molecule has 3 rings (SSSR count). The van der Waals surface area contributed by atoms with Crippen molar-refractivity contribution >= 4 is 17.3 Å². The molecule has 4 nitrogen and oxygen atoms in total. The average molecular weight is 366 g/mol. The van der Waals surface area contributed by atoms with Gasteiger partial charge in [0.25, 0.3) is 0 Å². The van der Waals surface area contributed by atoms with Crippen molar-refractivity contribution < 1.29 is 4.79 Å². The summed E-state index contributed by atoms with van der Waals surface area (Å²) < 4.78 is 0. The van der Waals surface area contributed by atoms with Gasteiger partial charge < -0.3 is 15.5 Å². The van der Waals surface area contributed by atoms with Crippen LogP contribution in [0, 0.1) is 0 Å². The van der Waals surface area contributed by atoms with Crippen LogP contribution in [0.2, 0.25) is 0 Å². The predicted molar refractivity (Wildman–Crippen MR) is 114 cm³/mol. The largest absolute Gasteiger partial charge is 0.372 e. The highest BCUT2D eigenvalue weighted by Crippen LogP contribution is 2.26. The standard InChI is InChI=1S/C23H31N3O/c1-24-16-4-3-7-23(27)25-21-12-8-19(9-13-21)20-10-14-22(15-11-20)26-17-5-2-6-18-26/h8-15,24H,2-7,16-18H2,1H3,(H,25,27). The fourth-order valence-electron chi connectivity index (χ4n) is 3.57. The highest BCUT2D eigenvalue weighted by Gasteiger charge is 2.10. The van der Waals surface area contributed by atoms with Crippen LogP contribution >= 0.6 is 0 Å². The molecule has 0 radical (unpaired) electrons. The number of hydrogen-bond donors (Lipinski definition) is 2. The number of piperidine rings is 1. The van der Waals surface area contributed by atoms with Gasteiger partial charge in [0.1, 0.15) is 0 Å². The Morgan fingerprint density at radius 2 is 1.52 bits per heavy atom. The fourth-order valence-corrected chi connectivity index (χ4v) is 3.57. The van der Waals surface area contributed by atoms with Crippen LogP contribution in [0.4, 0.5) is 11.4 Å². The number of nitrogens with one attached hydrogen (secondary N) is 2. The van der Waals surface area contributed by atoms with Crippen LogP contribution in [-0.2, 0) is 4.79 Å². The zero-order valence-corrected chi connectivity index (χ0v) is 16.3. The zero-order valence-electron chi connectivity index (χ0n) is 16.3. The minimum atomic E-state index is 0.0877. The molecule has 1 fully saturated rings. The van der Waals surface area contributed by atoms with Gasteiger partial charge in [-0.2, -0.15) is 0 Å². The highest BCUT2D eigenvalue weighted by molar-refractivity contribution is 5.91. The Hall–Kier alpha value is -2.33. The molecule has 0 aromatic heterocycles. The summed E-state index contributed by atoms with van der Waals surface area (Å²) in [4.78, 5) is 14.5. The van der Waals surface area contributed by atoms with Crippen LogP contribution in [-0.4, -0.2) is 32.6 Å². The molecule has 4 heteroatoms. The molecule has 1 saturated heterocycles. The number of nitrogens with zero attached hydrogens (tertiary/aromatic N) is 1. The maximum atomic E-state index is 12.0. The van der Waals surface area contributed by atoms with Gasteiger partial charge in [0, 0.05) is 30.9 Å². The molecule has 1 amide bonds. The quantitative estimate of drug-likeness (QED) is 0.668. The summed E-state index contributed by atoms with van der Waals surface area (Å²) in [6.07, 6.45) is 6.45. The van der Waals surface area contributed by atoms with Gasteiger partial charge in [0.15, 0.2) is 0 Å². The van der Waals surface area contributed by atoms with Gasteiger partial charge in [-0.05, 0) is 81.1 Å². The molecular weight excluding hydrogens is 334 g/mol. The number of benzene rings is 2. The molecule has 144 valence electrons. The van der Waals surface area contributed by atoms with Crippen molar-refractivity contribution in [3.8, 4) is 11.1 Å². The van der Waals surface area contributed by atoms with Crippen LogP contribution < -0.4 is 15.5 Å². The lowest BCUT2D eigenvalue weighted by molar-refractivity contribution is -0.116. The summed E-state index contributed by atoms with van der Waals surface area (Å²) in [6, 6.07) is 17.0. The second kappa shape index (κ2) is 10.1. The van der Waals surface area contributed by atoms with Crippen LogP contribution in [0.3, 0.4) is 0 Å². The van der Waals surface area contributed by atoms with Gasteiger partial charge in [-0.3, -0.25) is 4.79 Å². The Kier molecular flexibility index (Phi) is 7.28. The number of unbranched alkanes of at least 4 members (excludes halogenated alkanes) is 1. The van der Waals surface area contributed by atoms with Crippen LogP contribution in [0.1, 0.15) is 38.5 Å². The molecule has 0 atom stereocenters. The Balaban J connectivity index is 1.54. The van der Waals surface area contributed by atoms with Gasteiger partial charge in [0.05, 0.1) is 0 Å². The van der Waals surface area contributed by atoms with Crippen molar-refractivity contribution in [2.75, 3.05) is 36.9 Å². The SMILES string of the molecule is CNCCCCC(=O)Nc1ccc(-c2ccc(N3CCCCC3)cc2)cc1. The van der Waals surface area contributed by atoms with E-state index in [1.54, 1.807) is 0 Å². The third-order valence-electron chi connectivity index (χ3n) is 5.17. The van der Waals surface area contributed by atoms with Crippen molar-refractivity contribution in [2.45, 2.75) is 38.5 Å². The first-order valence-corrected chi connectivity index (χ1v) is 10.2.